The second-order valence-corrected chi connectivity index (χ2v) is 8.03. The molecule has 0 rings (SSSR count). The lowest BCUT2D eigenvalue weighted by molar-refractivity contribution is -0.134. The van der Waals surface area contributed by atoms with Crippen LogP contribution in [0.4, 0.5) is 13.2 Å². The second-order valence-electron chi connectivity index (χ2n) is 5.32. The molecule has 3 nitrogen and oxygen atoms in total. The quantitative estimate of drug-likeness (QED) is 0.634. The highest BCUT2D eigenvalue weighted by Crippen LogP contribution is 2.23. The summed E-state index contributed by atoms with van der Waals surface area (Å²) in [5, 5.41) is 0.842. The highest BCUT2D eigenvalue weighted by atomic mass is 79.9. The third-order valence-electron chi connectivity index (χ3n) is 2.63. The van der Waals surface area contributed by atoms with E-state index in [0.717, 1.165) is 18.2 Å². The lowest BCUT2D eigenvalue weighted by Crippen LogP contribution is -2.35. The van der Waals surface area contributed by atoms with Crippen molar-refractivity contribution in [3.63, 3.8) is 0 Å². The van der Waals surface area contributed by atoms with Gasteiger partial charge in [0, 0.05) is 18.3 Å². The minimum absolute atomic E-state index is 0.204. The van der Waals surface area contributed by atoms with Gasteiger partial charge in [-0.3, -0.25) is 0 Å². The van der Waals surface area contributed by atoms with E-state index < -0.39 is 34.8 Å². The van der Waals surface area contributed by atoms with Crippen molar-refractivity contribution in [3.05, 3.63) is 0 Å². The van der Waals surface area contributed by atoms with Gasteiger partial charge in [-0.2, -0.15) is 13.2 Å². The summed E-state index contributed by atoms with van der Waals surface area (Å²) in [6.07, 6.45) is -4.02. The smallest absolute Gasteiger partial charge is 0.215 e. The zero-order chi connectivity index (χ0) is 15.2. The Morgan fingerprint density at radius 2 is 1.68 bits per heavy atom. The van der Waals surface area contributed by atoms with Crippen LogP contribution in [0.15, 0.2) is 0 Å². The average Bonchev–Trinajstić information content (AvgIpc) is 2.22. The van der Waals surface area contributed by atoms with Crippen molar-refractivity contribution in [2.24, 2.45) is 5.41 Å². The monoisotopic (exact) mass is 367 g/mol. The standard InChI is InChI=1S/C11H21BrF3NO2S/c1-10(2,5-3-7-12)9-16-19(17,18)8-4-6-11(13,14)15/h16H,3-9H2,1-2H3. The Bertz CT molecular complexity index is 355. The van der Waals surface area contributed by atoms with E-state index in [1.54, 1.807) is 0 Å². The van der Waals surface area contributed by atoms with E-state index in [-0.39, 0.29) is 12.0 Å². The number of alkyl halides is 4. The fourth-order valence-corrected chi connectivity index (χ4v) is 3.03. The summed E-state index contributed by atoms with van der Waals surface area (Å²) in [7, 11) is -3.62. The van der Waals surface area contributed by atoms with Crippen LogP contribution in [0.2, 0.25) is 0 Å². The molecule has 1 N–H and O–H groups in total. The van der Waals surface area contributed by atoms with Crippen LogP contribution in [-0.4, -0.2) is 32.2 Å². The number of hydrogen-bond acceptors (Lipinski definition) is 2. The van der Waals surface area contributed by atoms with Crippen LogP contribution in [0, 0.1) is 5.41 Å². The van der Waals surface area contributed by atoms with Crippen LogP contribution >= 0.6 is 15.9 Å². The molecule has 0 heterocycles. The zero-order valence-electron chi connectivity index (χ0n) is 11.2. The van der Waals surface area contributed by atoms with Crippen LogP contribution in [0.5, 0.6) is 0 Å². The molecule has 0 aliphatic heterocycles. The summed E-state index contributed by atoms with van der Waals surface area (Å²) >= 11 is 3.30. The van der Waals surface area contributed by atoms with Gasteiger partial charge >= 0.3 is 6.18 Å². The maximum atomic E-state index is 11.9. The van der Waals surface area contributed by atoms with Crippen molar-refractivity contribution >= 4 is 26.0 Å². The van der Waals surface area contributed by atoms with Crippen molar-refractivity contribution < 1.29 is 21.6 Å². The summed E-state index contributed by atoms with van der Waals surface area (Å²) in [5.74, 6) is -0.485. The van der Waals surface area contributed by atoms with Gasteiger partial charge < -0.3 is 0 Å². The first kappa shape index (κ1) is 19.2. The molecule has 0 radical (unpaired) electrons. The molecule has 0 atom stereocenters. The van der Waals surface area contributed by atoms with Gasteiger partial charge in [0.15, 0.2) is 0 Å². The molecule has 0 aliphatic rings. The first-order valence-corrected chi connectivity index (χ1v) is 8.85. The van der Waals surface area contributed by atoms with Crippen LogP contribution in [0.1, 0.15) is 39.5 Å². The van der Waals surface area contributed by atoms with Crippen molar-refractivity contribution in [1.82, 2.24) is 4.72 Å². The van der Waals surface area contributed by atoms with E-state index in [2.05, 4.69) is 20.7 Å². The fraction of sp³-hybridized carbons (Fsp3) is 1.00. The van der Waals surface area contributed by atoms with Gasteiger partial charge in [0.05, 0.1) is 5.75 Å². The molecular formula is C11H21BrF3NO2S. The van der Waals surface area contributed by atoms with Crippen molar-refractivity contribution in [2.75, 3.05) is 17.6 Å². The van der Waals surface area contributed by atoms with E-state index in [9.17, 15) is 21.6 Å². The van der Waals surface area contributed by atoms with Crippen LogP contribution < -0.4 is 4.72 Å². The molecule has 0 unspecified atom stereocenters. The molecule has 0 aromatic carbocycles. The number of sulfonamides is 1. The van der Waals surface area contributed by atoms with Gasteiger partial charge in [-0.15, -0.1) is 0 Å². The summed E-state index contributed by atoms with van der Waals surface area (Å²) in [6.45, 7) is 4.09. The predicted molar refractivity (Wildman–Crippen MR) is 73.9 cm³/mol. The highest BCUT2D eigenvalue weighted by Gasteiger charge is 2.28. The van der Waals surface area contributed by atoms with Gasteiger partial charge in [-0.1, -0.05) is 29.8 Å². The summed E-state index contributed by atoms with van der Waals surface area (Å²) in [4.78, 5) is 0. The molecule has 0 fully saturated rings. The van der Waals surface area contributed by atoms with E-state index in [1.807, 2.05) is 13.8 Å². The highest BCUT2D eigenvalue weighted by molar-refractivity contribution is 9.09. The molecule has 8 heteroatoms. The first-order chi connectivity index (χ1) is 8.47. The number of hydrogen-bond donors (Lipinski definition) is 1. The van der Waals surface area contributed by atoms with Crippen molar-refractivity contribution in [2.45, 2.75) is 45.7 Å². The summed E-state index contributed by atoms with van der Waals surface area (Å²) in [5.41, 5.74) is -0.204. The van der Waals surface area contributed by atoms with Gasteiger partial charge in [0.25, 0.3) is 0 Å². The fourth-order valence-electron chi connectivity index (χ4n) is 1.47. The normalized spacial score (nSPS) is 13.8. The number of rotatable bonds is 9. The Kier molecular flexibility index (Phi) is 7.90. The Hall–Kier alpha value is 0.180. The zero-order valence-corrected chi connectivity index (χ0v) is 13.6. The minimum Gasteiger partial charge on any atom is -0.215 e. The lowest BCUT2D eigenvalue weighted by Gasteiger charge is -2.24. The largest absolute Gasteiger partial charge is 0.389 e. The maximum absolute atomic E-state index is 11.9. The van der Waals surface area contributed by atoms with Gasteiger partial charge in [-0.25, -0.2) is 13.1 Å². The molecular weight excluding hydrogens is 347 g/mol. The Labute approximate surface area is 121 Å². The summed E-state index contributed by atoms with van der Waals surface area (Å²) in [6, 6.07) is 0. The van der Waals surface area contributed by atoms with Crippen molar-refractivity contribution in [1.29, 1.82) is 0 Å². The number of halogens is 4. The first-order valence-electron chi connectivity index (χ1n) is 6.07. The van der Waals surface area contributed by atoms with Crippen LogP contribution in [-0.2, 0) is 10.0 Å². The van der Waals surface area contributed by atoms with Gasteiger partial charge in [0.1, 0.15) is 0 Å². The van der Waals surface area contributed by atoms with Crippen LogP contribution in [0.3, 0.4) is 0 Å². The van der Waals surface area contributed by atoms with E-state index in [0.29, 0.717) is 0 Å². The molecule has 0 saturated heterocycles. The molecule has 0 bridgehead atoms. The summed E-state index contributed by atoms with van der Waals surface area (Å²) < 4.78 is 61.3. The van der Waals surface area contributed by atoms with E-state index in [4.69, 9.17) is 0 Å². The molecule has 0 aromatic heterocycles. The minimum atomic E-state index is -4.30. The second kappa shape index (κ2) is 7.83. The van der Waals surface area contributed by atoms with Gasteiger partial charge in [0.2, 0.25) is 10.0 Å². The Balaban J connectivity index is 4.10. The average molecular weight is 368 g/mol. The molecule has 0 spiro atoms. The molecule has 0 aliphatic carbocycles. The molecule has 0 amide bonds. The Morgan fingerprint density at radius 1 is 1.11 bits per heavy atom. The topological polar surface area (TPSA) is 46.2 Å². The van der Waals surface area contributed by atoms with Crippen LogP contribution in [0.25, 0.3) is 0 Å². The lowest BCUT2D eigenvalue weighted by atomic mass is 9.88. The van der Waals surface area contributed by atoms with E-state index in [1.165, 1.54) is 0 Å². The van der Waals surface area contributed by atoms with E-state index >= 15 is 0 Å². The molecule has 0 saturated carbocycles. The van der Waals surface area contributed by atoms with Crippen molar-refractivity contribution in [3.8, 4) is 0 Å². The molecule has 0 aromatic rings. The van der Waals surface area contributed by atoms with Gasteiger partial charge in [-0.05, 0) is 24.7 Å². The maximum Gasteiger partial charge on any atom is 0.389 e. The molecule has 19 heavy (non-hydrogen) atoms. The Morgan fingerprint density at radius 3 is 2.16 bits per heavy atom. The third-order valence-corrected chi connectivity index (χ3v) is 4.60. The molecule has 116 valence electrons. The number of nitrogens with one attached hydrogen (secondary N) is 1. The predicted octanol–water partition coefficient (Wildman–Crippen LogP) is 3.45. The third kappa shape index (κ3) is 11.7. The SMILES string of the molecule is CC(C)(CCCBr)CNS(=O)(=O)CCCC(F)(F)F.